The van der Waals surface area contributed by atoms with Crippen molar-refractivity contribution in [3.8, 4) is 16.5 Å². The Labute approximate surface area is 303 Å². The highest BCUT2D eigenvalue weighted by Gasteiger charge is 2.62. The number of hydrogen-bond donors (Lipinski definition) is 3. The zero-order chi connectivity index (χ0) is 36.5. The molecule has 13 nitrogen and oxygen atoms in total. The predicted octanol–water partition coefficient (Wildman–Crippen LogP) is 4.52. The van der Waals surface area contributed by atoms with Gasteiger partial charge in [-0.3, -0.25) is 13.8 Å². The second-order valence-corrected chi connectivity index (χ2v) is 17.4. The Kier molecular flexibility index (Phi) is 10.7. The predicted molar refractivity (Wildman–Crippen MR) is 193 cm³/mol. The highest BCUT2D eigenvalue weighted by atomic mass is 32.2. The molecule has 274 valence electrons. The molecule has 3 fully saturated rings. The number of alkyl carbamates (subject to hydrolysis) is 1. The van der Waals surface area contributed by atoms with Crippen molar-refractivity contribution in [1.82, 2.24) is 25.5 Å². The number of carboxylic acid groups (broad SMARTS) is 1. The molecule has 51 heavy (non-hydrogen) atoms. The maximum absolute atomic E-state index is 14.6. The number of rotatable bonds is 5. The molecule has 6 rings (SSSR count). The summed E-state index contributed by atoms with van der Waals surface area (Å²) in [5, 5.41) is 17.7. The van der Waals surface area contributed by atoms with Gasteiger partial charge in [-0.15, -0.1) is 11.3 Å². The second-order valence-electron chi connectivity index (χ2n) is 14.7. The van der Waals surface area contributed by atoms with E-state index in [2.05, 4.69) is 10.6 Å². The average molecular weight is 740 g/mol. The number of nitrogens with zero attached hydrogens (tertiary/aromatic N) is 3. The van der Waals surface area contributed by atoms with Crippen molar-refractivity contribution in [2.24, 2.45) is 11.8 Å². The molecule has 2 saturated heterocycles. The maximum Gasteiger partial charge on any atom is 0.408 e. The molecule has 3 amide bonds. The number of ether oxygens (including phenoxy) is 2. The van der Waals surface area contributed by atoms with Gasteiger partial charge in [0.25, 0.3) is 0 Å². The van der Waals surface area contributed by atoms with E-state index in [1.54, 1.807) is 20.8 Å². The van der Waals surface area contributed by atoms with Crippen LogP contribution in [-0.4, -0.2) is 95.4 Å². The molecule has 4 unspecified atom stereocenters. The largest absolute Gasteiger partial charge is 0.479 e. The second kappa shape index (κ2) is 14.9. The summed E-state index contributed by atoms with van der Waals surface area (Å²) in [5.41, 5.74) is -0.468. The van der Waals surface area contributed by atoms with Gasteiger partial charge < -0.3 is 30.1 Å². The fourth-order valence-electron chi connectivity index (χ4n) is 7.01. The number of benzene rings is 1. The molecule has 3 aromatic rings. The van der Waals surface area contributed by atoms with Crippen molar-refractivity contribution in [2.75, 3.05) is 18.1 Å². The van der Waals surface area contributed by atoms with E-state index in [0.717, 1.165) is 4.88 Å². The third kappa shape index (κ3) is 8.35. The zero-order valence-electron chi connectivity index (χ0n) is 29.3. The number of fused-ring (bicyclic) bond motifs is 3. The van der Waals surface area contributed by atoms with E-state index < -0.39 is 69.9 Å². The number of thiophene rings is 1. The molecule has 4 heterocycles. The number of aliphatic carboxylic acids is 1. The van der Waals surface area contributed by atoms with Gasteiger partial charge in [0.15, 0.2) is 0 Å². The molecule has 7 atom stereocenters. The van der Waals surface area contributed by atoms with Crippen LogP contribution >= 0.6 is 11.3 Å². The first kappa shape index (κ1) is 36.7. The lowest BCUT2D eigenvalue weighted by atomic mass is 9.95. The highest BCUT2D eigenvalue weighted by molar-refractivity contribution is 7.84. The summed E-state index contributed by atoms with van der Waals surface area (Å²) in [7, 11) is -1.13. The minimum atomic E-state index is -1.47. The van der Waals surface area contributed by atoms with E-state index in [-0.39, 0.29) is 31.2 Å². The number of amides is 3. The van der Waals surface area contributed by atoms with Gasteiger partial charge >= 0.3 is 12.1 Å². The molecule has 3 aliphatic rings. The topological polar surface area (TPSA) is 177 Å². The van der Waals surface area contributed by atoms with Crippen molar-refractivity contribution in [2.45, 2.75) is 95.5 Å². The van der Waals surface area contributed by atoms with E-state index in [9.17, 15) is 28.5 Å². The number of aromatic nitrogens is 2. The Morgan fingerprint density at radius 1 is 1.08 bits per heavy atom. The summed E-state index contributed by atoms with van der Waals surface area (Å²) in [4.78, 5) is 66.2. The van der Waals surface area contributed by atoms with Gasteiger partial charge in [0.1, 0.15) is 35.0 Å². The Hall–Kier alpha value is -4.11. The number of para-hydroxylation sites is 2. The Morgan fingerprint density at radius 2 is 1.78 bits per heavy atom. The molecule has 15 heteroatoms. The minimum absolute atomic E-state index is 0.0258. The standard InChI is InChI=1S/C36H45N5O8S2/c1-21-10-8-16-51(47)17-9-11-22-19-36(22,33(44)45)40-30(42)26-18-23(20-41(26)32(43)28(21)39-34(46)49-35(2,3)4)48-31-29(27-14-7-15-50-27)37-24-12-5-6-13-25(24)38-31/h5-7,12-15,21-23,26,28H,8-11,16-20H2,1-4H3,(H,39,46)(H,40,42)(H,44,45)/t21?,22?,23-,26+,28+,36?,51?/m1/s1. The summed E-state index contributed by atoms with van der Waals surface area (Å²) in [6.07, 6.45) is 0.946. The molecule has 0 radical (unpaired) electrons. The smallest absolute Gasteiger partial charge is 0.408 e. The van der Waals surface area contributed by atoms with E-state index in [1.807, 2.05) is 48.7 Å². The lowest BCUT2D eigenvalue weighted by molar-refractivity contribution is -0.146. The zero-order valence-corrected chi connectivity index (χ0v) is 30.9. The first-order valence-electron chi connectivity index (χ1n) is 17.4. The van der Waals surface area contributed by atoms with Crippen molar-refractivity contribution in [3.63, 3.8) is 0 Å². The van der Waals surface area contributed by atoms with Crippen molar-refractivity contribution >= 4 is 57.0 Å². The van der Waals surface area contributed by atoms with E-state index in [0.29, 0.717) is 53.9 Å². The Morgan fingerprint density at radius 3 is 2.45 bits per heavy atom. The summed E-state index contributed by atoms with van der Waals surface area (Å²) in [6.45, 7) is 6.97. The molecule has 1 aliphatic carbocycles. The van der Waals surface area contributed by atoms with Gasteiger partial charge in [0.05, 0.1) is 22.5 Å². The quantitative estimate of drug-likeness (QED) is 0.337. The number of carbonyl (C=O) groups excluding carboxylic acids is 3. The van der Waals surface area contributed by atoms with Crippen LogP contribution in [0.1, 0.15) is 66.2 Å². The summed E-state index contributed by atoms with van der Waals surface area (Å²) < 4.78 is 24.8. The summed E-state index contributed by atoms with van der Waals surface area (Å²) in [5.74, 6) is -1.90. The van der Waals surface area contributed by atoms with Gasteiger partial charge in [0, 0.05) is 28.7 Å². The molecule has 1 saturated carbocycles. The lowest BCUT2D eigenvalue weighted by Crippen LogP contribution is -2.58. The van der Waals surface area contributed by atoms with Gasteiger partial charge in [-0.2, -0.15) is 0 Å². The van der Waals surface area contributed by atoms with Crippen LogP contribution < -0.4 is 15.4 Å². The third-order valence-corrected chi connectivity index (χ3v) is 12.1. The van der Waals surface area contributed by atoms with E-state index in [1.165, 1.54) is 16.2 Å². The van der Waals surface area contributed by atoms with Crippen LogP contribution in [0.2, 0.25) is 0 Å². The molecule has 0 spiro atoms. The SMILES string of the molecule is CC1CCCS(=O)CCCC2CC2(C(=O)O)NC(=O)[C@@H]2C[C@@H](Oc3nc4ccccc4nc3-c3cccs3)CN2C(=O)[C@H]1NC(=O)OC(C)(C)C. The molecule has 0 bridgehead atoms. The summed E-state index contributed by atoms with van der Waals surface area (Å²) >= 11 is 1.48. The fraction of sp³-hybridized carbons (Fsp3) is 0.556. The number of carboxylic acids is 1. The first-order chi connectivity index (χ1) is 24.2. The van der Waals surface area contributed by atoms with Crippen LogP contribution in [0.5, 0.6) is 5.88 Å². The fourth-order valence-corrected chi connectivity index (χ4v) is 8.90. The number of carbonyl (C=O) groups is 4. The number of nitrogens with one attached hydrogen (secondary N) is 2. The van der Waals surface area contributed by atoms with Crippen LogP contribution in [0.25, 0.3) is 21.6 Å². The molecule has 3 N–H and O–H groups in total. The molecular weight excluding hydrogens is 695 g/mol. The first-order valence-corrected chi connectivity index (χ1v) is 19.8. The molecule has 1 aromatic carbocycles. The Bertz CT molecular complexity index is 1810. The normalized spacial score (nSPS) is 29.1. The molecule has 2 aliphatic heterocycles. The summed E-state index contributed by atoms with van der Waals surface area (Å²) in [6, 6.07) is 9.05. The van der Waals surface area contributed by atoms with E-state index in [4.69, 9.17) is 19.4 Å². The minimum Gasteiger partial charge on any atom is -0.479 e. The van der Waals surface area contributed by atoms with Crippen molar-refractivity contribution in [1.29, 1.82) is 0 Å². The van der Waals surface area contributed by atoms with Gasteiger partial charge in [-0.25, -0.2) is 19.6 Å². The van der Waals surface area contributed by atoms with Gasteiger partial charge in [-0.05, 0) is 88.3 Å². The van der Waals surface area contributed by atoms with E-state index >= 15 is 0 Å². The van der Waals surface area contributed by atoms with Crippen LogP contribution in [0.3, 0.4) is 0 Å². The molecule has 2 aromatic heterocycles. The Balaban J connectivity index is 1.34. The van der Waals surface area contributed by atoms with Crippen molar-refractivity contribution in [3.05, 3.63) is 41.8 Å². The maximum atomic E-state index is 14.6. The lowest BCUT2D eigenvalue weighted by Gasteiger charge is -2.32. The van der Waals surface area contributed by atoms with Gasteiger partial charge in [-0.1, -0.05) is 25.1 Å². The average Bonchev–Trinajstić information content (AvgIpc) is 3.38. The highest BCUT2D eigenvalue weighted by Crippen LogP contribution is 2.47. The van der Waals surface area contributed by atoms with Crippen LogP contribution in [0.15, 0.2) is 41.8 Å². The number of hydrogen-bond acceptors (Lipinski definition) is 10. The van der Waals surface area contributed by atoms with Crippen LogP contribution in [0, 0.1) is 11.8 Å². The molecular formula is C36H45N5O8S2. The monoisotopic (exact) mass is 739 g/mol. The third-order valence-electron chi connectivity index (χ3n) is 9.72. The van der Waals surface area contributed by atoms with Crippen molar-refractivity contribution < 1.29 is 38.0 Å². The van der Waals surface area contributed by atoms with Gasteiger partial charge in [0.2, 0.25) is 17.7 Å². The van der Waals surface area contributed by atoms with Crippen LogP contribution in [-0.2, 0) is 29.9 Å². The van der Waals surface area contributed by atoms with Crippen LogP contribution in [0.4, 0.5) is 4.79 Å².